The summed E-state index contributed by atoms with van der Waals surface area (Å²) in [4.78, 5) is 0. The van der Waals surface area contributed by atoms with Gasteiger partial charge in [-0.25, -0.2) is 0 Å². The lowest BCUT2D eigenvalue weighted by molar-refractivity contribution is 0.134. The van der Waals surface area contributed by atoms with Gasteiger partial charge in [0.15, 0.2) is 0 Å². The van der Waals surface area contributed by atoms with Crippen molar-refractivity contribution in [3.05, 3.63) is 18.5 Å². The molecule has 102 valence electrons. The molecule has 2 rings (SSSR count). The van der Waals surface area contributed by atoms with E-state index in [4.69, 9.17) is 0 Å². The number of aromatic nitrogens is 2. The fourth-order valence-electron chi connectivity index (χ4n) is 2.81. The van der Waals surface area contributed by atoms with E-state index in [1.54, 1.807) is 10.9 Å². The Bertz CT molecular complexity index is 331. The summed E-state index contributed by atoms with van der Waals surface area (Å²) in [5, 5.41) is 17.4. The zero-order valence-corrected chi connectivity index (χ0v) is 11.3. The van der Waals surface area contributed by atoms with E-state index in [1.807, 2.05) is 12.3 Å². The van der Waals surface area contributed by atoms with Crippen LogP contribution in [0.25, 0.3) is 0 Å². The molecule has 1 aliphatic carbocycles. The summed E-state index contributed by atoms with van der Waals surface area (Å²) in [6, 6.07) is 1.88. The van der Waals surface area contributed by atoms with Crippen LogP contribution in [0.15, 0.2) is 18.5 Å². The van der Waals surface area contributed by atoms with Crippen molar-refractivity contribution in [3.63, 3.8) is 0 Å². The molecular formula is C14H25N3O. The van der Waals surface area contributed by atoms with Gasteiger partial charge in [0, 0.05) is 25.5 Å². The average molecular weight is 251 g/mol. The van der Waals surface area contributed by atoms with Gasteiger partial charge in [-0.2, -0.15) is 5.10 Å². The molecule has 1 aromatic heterocycles. The minimum Gasteiger partial charge on any atom is -0.390 e. The molecule has 1 aliphatic rings. The number of nitrogens with one attached hydrogen (secondary N) is 1. The van der Waals surface area contributed by atoms with E-state index in [1.165, 1.54) is 32.1 Å². The first-order chi connectivity index (χ1) is 8.68. The summed E-state index contributed by atoms with van der Waals surface area (Å²) in [5.41, 5.74) is 0.434. The Morgan fingerprint density at radius 3 is 2.83 bits per heavy atom. The molecule has 1 heterocycles. The molecule has 1 saturated carbocycles. The Balaban J connectivity index is 1.65. The highest BCUT2D eigenvalue weighted by atomic mass is 16.3. The van der Waals surface area contributed by atoms with Gasteiger partial charge in [0.1, 0.15) is 0 Å². The van der Waals surface area contributed by atoms with Gasteiger partial charge in [-0.15, -0.1) is 0 Å². The average Bonchev–Trinajstić information content (AvgIpc) is 2.82. The predicted octanol–water partition coefficient (Wildman–Crippen LogP) is 1.80. The van der Waals surface area contributed by atoms with Crippen molar-refractivity contribution in [3.8, 4) is 0 Å². The maximum absolute atomic E-state index is 9.91. The second-order valence-corrected chi connectivity index (χ2v) is 5.88. The fourth-order valence-corrected chi connectivity index (χ4v) is 2.81. The maximum atomic E-state index is 9.91. The van der Waals surface area contributed by atoms with Crippen LogP contribution in [-0.4, -0.2) is 34.1 Å². The first-order valence-electron chi connectivity index (χ1n) is 7.04. The van der Waals surface area contributed by atoms with Gasteiger partial charge in [0.05, 0.1) is 12.6 Å². The minimum absolute atomic E-state index is 0.364. The van der Waals surface area contributed by atoms with Gasteiger partial charge in [0.25, 0.3) is 0 Å². The highest BCUT2D eigenvalue weighted by Gasteiger charge is 2.26. The van der Waals surface area contributed by atoms with Crippen LogP contribution >= 0.6 is 0 Å². The van der Waals surface area contributed by atoms with E-state index >= 15 is 0 Å². The quantitative estimate of drug-likeness (QED) is 0.810. The van der Waals surface area contributed by atoms with Crippen LogP contribution in [0, 0.1) is 5.41 Å². The van der Waals surface area contributed by atoms with Crippen molar-refractivity contribution in [1.82, 2.24) is 15.1 Å². The van der Waals surface area contributed by atoms with Crippen LogP contribution in [0.3, 0.4) is 0 Å². The zero-order chi connectivity index (χ0) is 12.8. The molecule has 18 heavy (non-hydrogen) atoms. The third-order valence-corrected chi connectivity index (χ3v) is 3.95. The summed E-state index contributed by atoms with van der Waals surface area (Å²) in [6.07, 6.45) is 9.98. The van der Waals surface area contributed by atoms with Crippen molar-refractivity contribution in [2.45, 2.75) is 51.7 Å². The Hall–Kier alpha value is -0.870. The van der Waals surface area contributed by atoms with Crippen LogP contribution < -0.4 is 5.32 Å². The first kappa shape index (κ1) is 13.6. The van der Waals surface area contributed by atoms with Gasteiger partial charge in [0.2, 0.25) is 0 Å². The molecule has 4 nitrogen and oxygen atoms in total. The number of nitrogens with zero attached hydrogens (tertiary/aromatic N) is 2. The fraction of sp³-hybridized carbons (Fsp3) is 0.786. The van der Waals surface area contributed by atoms with Gasteiger partial charge in [-0.3, -0.25) is 4.68 Å². The molecule has 4 heteroatoms. The van der Waals surface area contributed by atoms with E-state index in [-0.39, 0.29) is 6.10 Å². The number of aliphatic hydroxyl groups excluding tert-OH is 1. The Labute approximate surface area is 109 Å². The second-order valence-electron chi connectivity index (χ2n) is 5.88. The number of aliphatic hydroxyl groups is 1. The lowest BCUT2D eigenvalue weighted by Gasteiger charge is -2.34. The smallest absolute Gasteiger partial charge is 0.0860 e. The number of rotatable bonds is 6. The summed E-state index contributed by atoms with van der Waals surface area (Å²) in [6.45, 7) is 4.59. The molecule has 0 aliphatic heterocycles. The Morgan fingerprint density at radius 1 is 1.39 bits per heavy atom. The second kappa shape index (κ2) is 6.34. The summed E-state index contributed by atoms with van der Waals surface area (Å²) >= 11 is 0. The van der Waals surface area contributed by atoms with E-state index < -0.39 is 0 Å². The highest BCUT2D eigenvalue weighted by molar-refractivity contribution is 4.82. The number of hydrogen-bond donors (Lipinski definition) is 2. The van der Waals surface area contributed by atoms with Crippen molar-refractivity contribution in [1.29, 1.82) is 0 Å². The maximum Gasteiger partial charge on any atom is 0.0860 e. The Kier molecular flexibility index (Phi) is 4.78. The molecule has 0 amide bonds. The van der Waals surface area contributed by atoms with Crippen LogP contribution in [0.4, 0.5) is 0 Å². The first-order valence-corrected chi connectivity index (χ1v) is 7.04. The zero-order valence-electron chi connectivity index (χ0n) is 11.3. The van der Waals surface area contributed by atoms with Gasteiger partial charge < -0.3 is 10.4 Å². The topological polar surface area (TPSA) is 50.1 Å². The lowest BCUT2D eigenvalue weighted by Crippen LogP contribution is -2.38. The molecule has 1 fully saturated rings. The van der Waals surface area contributed by atoms with Gasteiger partial charge in [-0.1, -0.05) is 26.2 Å². The molecular weight excluding hydrogens is 226 g/mol. The third-order valence-electron chi connectivity index (χ3n) is 3.95. The van der Waals surface area contributed by atoms with Gasteiger partial charge >= 0.3 is 0 Å². The highest BCUT2D eigenvalue weighted by Crippen LogP contribution is 2.34. The lowest BCUT2D eigenvalue weighted by atomic mass is 9.76. The van der Waals surface area contributed by atoms with Crippen LogP contribution in [0.5, 0.6) is 0 Å². The van der Waals surface area contributed by atoms with Crippen molar-refractivity contribution < 1.29 is 5.11 Å². The minimum atomic E-state index is -0.364. The SMILES string of the molecule is CC1(CNCC(O)Cn2cccn2)CCCCC1. The standard InChI is InChI=1S/C14H25N3O/c1-14(6-3-2-4-7-14)12-15-10-13(18)11-17-9-5-8-16-17/h5,8-9,13,15,18H,2-4,6-7,10-12H2,1H3. The molecule has 1 unspecified atom stereocenters. The molecule has 1 atom stereocenters. The van der Waals surface area contributed by atoms with Gasteiger partial charge in [-0.05, 0) is 24.3 Å². The molecule has 0 radical (unpaired) electrons. The molecule has 0 bridgehead atoms. The summed E-state index contributed by atoms with van der Waals surface area (Å²) < 4.78 is 1.77. The van der Waals surface area contributed by atoms with E-state index in [0.717, 1.165) is 6.54 Å². The van der Waals surface area contributed by atoms with E-state index in [0.29, 0.717) is 18.5 Å². The molecule has 0 spiro atoms. The van der Waals surface area contributed by atoms with Crippen LogP contribution in [0.1, 0.15) is 39.0 Å². The molecule has 1 aromatic rings. The summed E-state index contributed by atoms with van der Waals surface area (Å²) in [5.74, 6) is 0. The normalized spacial score (nSPS) is 20.8. The molecule has 2 N–H and O–H groups in total. The van der Waals surface area contributed by atoms with Crippen molar-refractivity contribution in [2.75, 3.05) is 13.1 Å². The van der Waals surface area contributed by atoms with E-state index in [2.05, 4.69) is 17.3 Å². The molecule has 0 aromatic carbocycles. The van der Waals surface area contributed by atoms with Crippen LogP contribution in [0.2, 0.25) is 0 Å². The molecule has 0 saturated heterocycles. The monoisotopic (exact) mass is 251 g/mol. The van der Waals surface area contributed by atoms with Crippen LogP contribution in [-0.2, 0) is 6.54 Å². The largest absolute Gasteiger partial charge is 0.390 e. The third kappa shape index (κ3) is 4.10. The number of hydrogen-bond acceptors (Lipinski definition) is 3. The van der Waals surface area contributed by atoms with E-state index in [9.17, 15) is 5.11 Å². The summed E-state index contributed by atoms with van der Waals surface area (Å²) in [7, 11) is 0. The predicted molar refractivity (Wildman–Crippen MR) is 72.3 cm³/mol. The van der Waals surface area contributed by atoms with Crippen molar-refractivity contribution in [2.24, 2.45) is 5.41 Å². The van der Waals surface area contributed by atoms with Crippen molar-refractivity contribution >= 4 is 0 Å². The Morgan fingerprint density at radius 2 is 2.17 bits per heavy atom.